The predicted molar refractivity (Wildman–Crippen MR) is 117 cm³/mol. The Bertz CT molecular complexity index is 986. The average molecular weight is 427 g/mol. The molecule has 7 nitrogen and oxygen atoms in total. The molecule has 1 aliphatic rings. The molecule has 4 rings (SSSR count). The van der Waals surface area contributed by atoms with Gasteiger partial charge in [-0.05, 0) is 61.0 Å². The number of carbonyl (C=O) groups is 1. The molecule has 1 aliphatic heterocycles. The van der Waals surface area contributed by atoms with Gasteiger partial charge in [0.05, 0.1) is 25.1 Å². The number of carbonyl (C=O) groups excluding carboxylic acids is 1. The lowest BCUT2D eigenvalue weighted by Gasteiger charge is -2.31. The van der Waals surface area contributed by atoms with Gasteiger partial charge in [-0.3, -0.25) is 9.69 Å². The van der Waals surface area contributed by atoms with E-state index in [0.717, 1.165) is 54.2 Å². The molecule has 0 unspecified atom stereocenters. The van der Waals surface area contributed by atoms with Crippen molar-refractivity contribution in [3.05, 3.63) is 47.2 Å². The van der Waals surface area contributed by atoms with E-state index >= 15 is 0 Å². The lowest BCUT2D eigenvalue weighted by atomic mass is 10.0. The number of hydrogen-bond acceptors (Lipinski definition) is 7. The molecule has 3 aromatic rings. The Labute approximate surface area is 180 Å². The number of aryl methyl sites for hydroxylation is 1. The van der Waals surface area contributed by atoms with Crippen LogP contribution in [-0.4, -0.2) is 47.7 Å². The SMILES string of the molecule is CCCN(CC(=O)N1CCCc2cc(OC)ccc21)Cc1nnc(-c2cccs2)o1. The number of rotatable bonds is 8. The smallest absolute Gasteiger partial charge is 0.257 e. The van der Waals surface area contributed by atoms with Crippen LogP contribution < -0.4 is 9.64 Å². The van der Waals surface area contributed by atoms with Crippen LogP contribution in [0.1, 0.15) is 31.2 Å². The molecule has 8 heteroatoms. The number of amides is 1. The quantitative estimate of drug-likeness (QED) is 0.542. The van der Waals surface area contributed by atoms with E-state index in [2.05, 4.69) is 22.0 Å². The summed E-state index contributed by atoms with van der Waals surface area (Å²) < 4.78 is 11.2. The zero-order valence-corrected chi connectivity index (χ0v) is 18.2. The van der Waals surface area contributed by atoms with Gasteiger partial charge in [0.1, 0.15) is 5.75 Å². The van der Waals surface area contributed by atoms with Gasteiger partial charge in [0.15, 0.2) is 0 Å². The summed E-state index contributed by atoms with van der Waals surface area (Å²) in [5.41, 5.74) is 2.15. The first kappa shape index (κ1) is 20.6. The molecule has 0 saturated carbocycles. The summed E-state index contributed by atoms with van der Waals surface area (Å²) in [6.45, 7) is 4.40. The normalized spacial score (nSPS) is 13.5. The van der Waals surface area contributed by atoms with Crippen molar-refractivity contribution in [2.45, 2.75) is 32.7 Å². The fourth-order valence-electron chi connectivity index (χ4n) is 3.78. The highest BCUT2D eigenvalue weighted by molar-refractivity contribution is 7.13. The molecule has 1 aromatic carbocycles. The van der Waals surface area contributed by atoms with Crippen molar-refractivity contribution in [3.63, 3.8) is 0 Å². The first-order valence-electron chi connectivity index (χ1n) is 10.2. The van der Waals surface area contributed by atoms with E-state index in [4.69, 9.17) is 9.15 Å². The minimum Gasteiger partial charge on any atom is -0.497 e. The van der Waals surface area contributed by atoms with Gasteiger partial charge in [-0.1, -0.05) is 13.0 Å². The van der Waals surface area contributed by atoms with Crippen molar-refractivity contribution in [2.24, 2.45) is 0 Å². The standard InChI is InChI=1S/C22H26N4O3S/c1-3-10-25(14-20-23-24-22(29-20)19-7-5-12-30-19)15-21(27)26-11-4-6-16-13-17(28-2)8-9-18(16)26/h5,7-9,12-13H,3-4,6,10-11,14-15H2,1-2H3. The van der Waals surface area contributed by atoms with E-state index in [1.54, 1.807) is 18.4 Å². The number of anilines is 1. The topological polar surface area (TPSA) is 71.7 Å². The van der Waals surface area contributed by atoms with Crippen LogP contribution in [0.15, 0.2) is 40.1 Å². The highest BCUT2D eigenvalue weighted by Gasteiger charge is 2.25. The third-order valence-corrected chi connectivity index (χ3v) is 6.02. The highest BCUT2D eigenvalue weighted by Crippen LogP contribution is 2.30. The summed E-state index contributed by atoms with van der Waals surface area (Å²) in [5, 5.41) is 10.3. The van der Waals surface area contributed by atoms with Gasteiger partial charge in [0.25, 0.3) is 5.89 Å². The fourth-order valence-corrected chi connectivity index (χ4v) is 4.42. The van der Waals surface area contributed by atoms with Crippen LogP contribution in [0.2, 0.25) is 0 Å². The predicted octanol–water partition coefficient (Wildman–Crippen LogP) is 4.00. The van der Waals surface area contributed by atoms with Gasteiger partial charge in [-0.2, -0.15) is 0 Å². The van der Waals surface area contributed by atoms with E-state index < -0.39 is 0 Å². The number of benzene rings is 1. The molecule has 0 saturated heterocycles. The molecule has 2 aromatic heterocycles. The Kier molecular flexibility index (Phi) is 6.44. The van der Waals surface area contributed by atoms with E-state index in [0.29, 0.717) is 24.9 Å². The van der Waals surface area contributed by atoms with Crippen molar-refractivity contribution in [1.29, 1.82) is 0 Å². The van der Waals surface area contributed by atoms with Crippen LogP contribution in [-0.2, 0) is 17.8 Å². The first-order valence-corrected chi connectivity index (χ1v) is 11.1. The third-order valence-electron chi connectivity index (χ3n) is 5.16. The number of methoxy groups -OCH3 is 1. The number of nitrogens with zero attached hydrogens (tertiary/aromatic N) is 4. The molecule has 3 heterocycles. The Morgan fingerprint density at radius 3 is 3.00 bits per heavy atom. The number of thiophene rings is 1. The van der Waals surface area contributed by atoms with Crippen LogP contribution in [0.3, 0.4) is 0 Å². The Morgan fingerprint density at radius 1 is 1.33 bits per heavy atom. The molecule has 0 aliphatic carbocycles. The van der Waals surface area contributed by atoms with Crippen LogP contribution in [0.25, 0.3) is 10.8 Å². The second-order valence-electron chi connectivity index (χ2n) is 7.33. The largest absolute Gasteiger partial charge is 0.497 e. The molecule has 158 valence electrons. The molecule has 0 bridgehead atoms. The Balaban J connectivity index is 1.45. The molecule has 0 radical (unpaired) electrons. The lowest BCUT2D eigenvalue weighted by molar-refractivity contribution is -0.120. The van der Waals surface area contributed by atoms with Gasteiger partial charge in [0.2, 0.25) is 11.8 Å². The van der Waals surface area contributed by atoms with E-state index in [1.165, 1.54) is 0 Å². The van der Waals surface area contributed by atoms with E-state index in [1.807, 2.05) is 40.6 Å². The molecular formula is C22H26N4O3S. The van der Waals surface area contributed by atoms with Crippen molar-refractivity contribution in [3.8, 4) is 16.5 Å². The van der Waals surface area contributed by atoms with Crippen LogP contribution >= 0.6 is 11.3 Å². The zero-order chi connectivity index (χ0) is 20.9. The fraction of sp³-hybridized carbons (Fsp3) is 0.409. The molecule has 0 atom stereocenters. The molecule has 1 amide bonds. The van der Waals surface area contributed by atoms with Gasteiger partial charge in [0, 0.05) is 12.2 Å². The van der Waals surface area contributed by atoms with E-state index in [9.17, 15) is 4.79 Å². The van der Waals surface area contributed by atoms with Crippen molar-refractivity contribution in [2.75, 3.05) is 31.6 Å². The maximum absolute atomic E-state index is 13.2. The monoisotopic (exact) mass is 426 g/mol. The second kappa shape index (κ2) is 9.40. The minimum atomic E-state index is 0.0903. The van der Waals surface area contributed by atoms with Crippen LogP contribution in [0, 0.1) is 0 Å². The molecule has 0 spiro atoms. The summed E-state index contributed by atoms with van der Waals surface area (Å²) >= 11 is 1.56. The number of aromatic nitrogens is 2. The first-order chi connectivity index (χ1) is 14.7. The Morgan fingerprint density at radius 2 is 2.23 bits per heavy atom. The van der Waals surface area contributed by atoms with E-state index in [-0.39, 0.29) is 5.91 Å². The van der Waals surface area contributed by atoms with Gasteiger partial charge in [-0.25, -0.2) is 0 Å². The number of hydrogen-bond donors (Lipinski definition) is 0. The van der Waals surface area contributed by atoms with Gasteiger partial charge >= 0.3 is 0 Å². The van der Waals surface area contributed by atoms with Crippen molar-refractivity contribution < 1.29 is 13.9 Å². The van der Waals surface area contributed by atoms with Gasteiger partial charge in [-0.15, -0.1) is 21.5 Å². The third kappa shape index (κ3) is 4.55. The maximum atomic E-state index is 13.2. The van der Waals surface area contributed by atoms with Crippen LogP contribution in [0.5, 0.6) is 5.75 Å². The molecular weight excluding hydrogens is 400 g/mol. The van der Waals surface area contributed by atoms with Crippen molar-refractivity contribution in [1.82, 2.24) is 15.1 Å². The molecule has 0 fully saturated rings. The number of ether oxygens (including phenoxy) is 1. The zero-order valence-electron chi connectivity index (χ0n) is 17.3. The summed E-state index contributed by atoms with van der Waals surface area (Å²) in [7, 11) is 1.66. The average Bonchev–Trinajstić information content (AvgIpc) is 3.45. The molecule has 30 heavy (non-hydrogen) atoms. The minimum absolute atomic E-state index is 0.0903. The maximum Gasteiger partial charge on any atom is 0.257 e. The summed E-state index contributed by atoms with van der Waals surface area (Å²) in [6.07, 6.45) is 2.85. The summed E-state index contributed by atoms with van der Waals surface area (Å²) in [5.74, 6) is 1.98. The highest BCUT2D eigenvalue weighted by atomic mass is 32.1. The van der Waals surface area contributed by atoms with Gasteiger partial charge < -0.3 is 14.1 Å². The van der Waals surface area contributed by atoms with Crippen LogP contribution in [0.4, 0.5) is 5.69 Å². The lowest BCUT2D eigenvalue weighted by Crippen LogP contribution is -2.42. The summed E-state index contributed by atoms with van der Waals surface area (Å²) in [6, 6.07) is 9.85. The number of fused-ring (bicyclic) bond motifs is 1. The summed E-state index contributed by atoms with van der Waals surface area (Å²) in [4.78, 5) is 18.1. The Hall–Kier alpha value is -2.71. The van der Waals surface area contributed by atoms with Crippen molar-refractivity contribution >= 4 is 22.9 Å². The molecule has 0 N–H and O–H groups in total. The second-order valence-corrected chi connectivity index (χ2v) is 8.28.